The Bertz CT molecular complexity index is 339. The van der Waals surface area contributed by atoms with E-state index < -0.39 is 36.0 Å². The number of halogens is 2. The fourth-order valence-corrected chi connectivity index (χ4v) is 1.24. The molecule has 19 heavy (non-hydrogen) atoms. The number of rotatable bonds is 6. The summed E-state index contributed by atoms with van der Waals surface area (Å²) in [6.07, 6.45) is -1.36. The first kappa shape index (κ1) is 17.6. The number of carboxylic acids is 1. The summed E-state index contributed by atoms with van der Waals surface area (Å²) in [6, 6.07) is -1.62. The Morgan fingerprint density at radius 3 is 2.11 bits per heavy atom. The van der Waals surface area contributed by atoms with Gasteiger partial charge in [0.25, 0.3) is 0 Å². The number of carbonyl (C=O) groups excluding carboxylic acids is 1. The second-order valence-electron chi connectivity index (χ2n) is 5.22. The van der Waals surface area contributed by atoms with Crippen LogP contribution in [0.3, 0.4) is 0 Å². The zero-order valence-corrected chi connectivity index (χ0v) is 11.9. The molecule has 0 saturated carbocycles. The van der Waals surface area contributed by atoms with Gasteiger partial charge in [-0.1, -0.05) is 6.92 Å². The van der Waals surface area contributed by atoms with E-state index in [1.54, 1.807) is 20.8 Å². The molecular weight excluding hydrogens is 260 g/mol. The summed E-state index contributed by atoms with van der Waals surface area (Å²) >= 11 is 0. The van der Waals surface area contributed by atoms with E-state index in [0.717, 1.165) is 7.05 Å². The molecule has 0 bridgehead atoms. The standard InChI is InChI=1S/C12H21F2NO4/c1-6-11(2,3)19-10(18)15(5)8(9(16)17)7-12(4,13)14/h8H,6-7H2,1-5H3,(H,16,17). The SMILES string of the molecule is CCC(C)(C)OC(=O)N(C)C(CC(C)(F)F)C(=O)O. The molecule has 1 unspecified atom stereocenters. The van der Waals surface area contributed by atoms with E-state index >= 15 is 0 Å². The Balaban J connectivity index is 4.87. The van der Waals surface area contributed by atoms with E-state index in [-0.39, 0.29) is 0 Å². The first-order valence-corrected chi connectivity index (χ1v) is 5.96. The Labute approximate surface area is 111 Å². The molecule has 0 aliphatic rings. The van der Waals surface area contributed by atoms with Crippen molar-refractivity contribution >= 4 is 12.1 Å². The van der Waals surface area contributed by atoms with E-state index in [1.165, 1.54) is 0 Å². The number of carboxylic acid groups (broad SMARTS) is 1. The second-order valence-corrected chi connectivity index (χ2v) is 5.22. The van der Waals surface area contributed by atoms with Crippen molar-refractivity contribution in [3.63, 3.8) is 0 Å². The van der Waals surface area contributed by atoms with Crippen molar-refractivity contribution in [1.82, 2.24) is 4.90 Å². The summed E-state index contributed by atoms with van der Waals surface area (Å²) < 4.78 is 30.9. The molecule has 0 aliphatic carbocycles. The largest absolute Gasteiger partial charge is 0.480 e. The predicted octanol–water partition coefficient (Wildman–Crippen LogP) is 2.74. The lowest BCUT2D eigenvalue weighted by molar-refractivity contribution is -0.146. The van der Waals surface area contributed by atoms with Crippen molar-refractivity contribution in [1.29, 1.82) is 0 Å². The first-order valence-electron chi connectivity index (χ1n) is 5.96. The fraction of sp³-hybridized carbons (Fsp3) is 0.833. The quantitative estimate of drug-likeness (QED) is 0.813. The number of aliphatic carboxylic acids is 1. The van der Waals surface area contributed by atoms with E-state index in [1.807, 2.05) is 0 Å². The normalized spacial score (nSPS) is 13.8. The van der Waals surface area contributed by atoms with Crippen LogP contribution in [-0.2, 0) is 9.53 Å². The number of carbonyl (C=O) groups is 2. The molecule has 0 aliphatic heterocycles. The van der Waals surface area contributed by atoms with Gasteiger partial charge in [0, 0.05) is 13.5 Å². The minimum Gasteiger partial charge on any atom is -0.480 e. The summed E-state index contributed by atoms with van der Waals surface area (Å²) in [5, 5.41) is 8.93. The molecule has 0 aromatic carbocycles. The number of nitrogens with zero attached hydrogens (tertiary/aromatic N) is 1. The van der Waals surface area contributed by atoms with Crippen molar-refractivity contribution in [2.45, 2.75) is 58.1 Å². The highest BCUT2D eigenvalue weighted by Gasteiger charge is 2.37. The van der Waals surface area contributed by atoms with Crippen molar-refractivity contribution in [3.8, 4) is 0 Å². The number of ether oxygens (including phenoxy) is 1. The van der Waals surface area contributed by atoms with E-state index in [2.05, 4.69) is 0 Å². The first-order chi connectivity index (χ1) is 8.39. The average molecular weight is 281 g/mol. The van der Waals surface area contributed by atoms with Crippen molar-refractivity contribution in [2.24, 2.45) is 0 Å². The maximum absolute atomic E-state index is 12.9. The lowest BCUT2D eigenvalue weighted by Crippen LogP contribution is -2.47. The zero-order valence-electron chi connectivity index (χ0n) is 11.9. The van der Waals surface area contributed by atoms with Gasteiger partial charge in [-0.25, -0.2) is 18.4 Å². The minimum absolute atomic E-state index is 0.522. The van der Waals surface area contributed by atoms with Crippen LogP contribution in [0.5, 0.6) is 0 Å². The van der Waals surface area contributed by atoms with Gasteiger partial charge in [-0.3, -0.25) is 4.90 Å². The summed E-state index contributed by atoms with van der Waals surface area (Å²) in [5.74, 6) is -4.67. The van der Waals surface area contributed by atoms with Crippen LogP contribution in [0.25, 0.3) is 0 Å². The monoisotopic (exact) mass is 281 g/mol. The van der Waals surface area contributed by atoms with Crippen LogP contribution >= 0.6 is 0 Å². The molecule has 0 aromatic rings. The van der Waals surface area contributed by atoms with Crippen molar-refractivity contribution in [3.05, 3.63) is 0 Å². The smallest absolute Gasteiger partial charge is 0.410 e. The van der Waals surface area contributed by atoms with Crippen molar-refractivity contribution < 1.29 is 28.2 Å². The topological polar surface area (TPSA) is 66.8 Å². The van der Waals surface area contributed by atoms with E-state index in [0.29, 0.717) is 18.2 Å². The van der Waals surface area contributed by atoms with Gasteiger partial charge in [-0.05, 0) is 27.2 Å². The summed E-state index contributed by atoms with van der Waals surface area (Å²) in [6.45, 7) is 5.71. The van der Waals surface area contributed by atoms with Crippen LogP contribution in [0.15, 0.2) is 0 Å². The highest BCUT2D eigenvalue weighted by atomic mass is 19.3. The highest BCUT2D eigenvalue weighted by Crippen LogP contribution is 2.23. The maximum atomic E-state index is 12.9. The molecule has 0 saturated heterocycles. The molecule has 1 N–H and O–H groups in total. The molecule has 0 aromatic heterocycles. The molecule has 0 radical (unpaired) electrons. The second kappa shape index (κ2) is 6.16. The molecule has 0 spiro atoms. The molecule has 5 nitrogen and oxygen atoms in total. The van der Waals surface area contributed by atoms with Gasteiger partial charge >= 0.3 is 12.1 Å². The number of hydrogen-bond donors (Lipinski definition) is 1. The zero-order chi connectivity index (χ0) is 15.4. The van der Waals surface area contributed by atoms with Crippen molar-refractivity contribution in [2.75, 3.05) is 7.05 Å². The van der Waals surface area contributed by atoms with Crippen LogP contribution in [0, 0.1) is 0 Å². The van der Waals surface area contributed by atoms with Gasteiger partial charge < -0.3 is 9.84 Å². The van der Waals surface area contributed by atoms with Gasteiger partial charge in [-0.15, -0.1) is 0 Å². The number of likely N-dealkylation sites (N-methyl/N-ethyl adjacent to an activating group) is 1. The molecule has 112 valence electrons. The third kappa shape index (κ3) is 6.35. The highest BCUT2D eigenvalue weighted by molar-refractivity contribution is 5.80. The van der Waals surface area contributed by atoms with Crippen LogP contribution in [0.2, 0.25) is 0 Å². The lowest BCUT2D eigenvalue weighted by Gasteiger charge is -2.30. The van der Waals surface area contributed by atoms with Gasteiger partial charge in [0.05, 0.1) is 0 Å². The number of alkyl halides is 2. The maximum Gasteiger partial charge on any atom is 0.410 e. The van der Waals surface area contributed by atoms with Gasteiger partial charge in [0.2, 0.25) is 5.92 Å². The Morgan fingerprint density at radius 2 is 1.79 bits per heavy atom. The Hall–Kier alpha value is -1.40. The summed E-state index contributed by atoms with van der Waals surface area (Å²) in [7, 11) is 1.14. The average Bonchev–Trinajstić information content (AvgIpc) is 2.22. The van der Waals surface area contributed by atoms with Gasteiger partial charge in [0.1, 0.15) is 11.6 Å². The minimum atomic E-state index is -3.18. The van der Waals surface area contributed by atoms with Gasteiger partial charge in [-0.2, -0.15) is 0 Å². The Morgan fingerprint density at radius 1 is 1.32 bits per heavy atom. The molecule has 0 fully saturated rings. The number of amides is 1. The van der Waals surface area contributed by atoms with Crippen LogP contribution < -0.4 is 0 Å². The molecule has 1 atom stereocenters. The van der Waals surface area contributed by atoms with Crippen LogP contribution in [0.1, 0.15) is 40.5 Å². The van der Waals surface area contributed by atoms with E-state index in [4.69, 9.17) is 9.84 Å². The van der Waals surface area contributed by atoms with Crippen LogP contribution in [0.4, 0.5) is 13.6 Å². The van der Waals surface area contributed by atoms with E-state index in [9.17, 15) is 18.4 Å². The number of hydrogen-bond acceptors (Lipinski definition) is 3. The molecular formula is C12H21F2NO4. The molecule has 1 amide bonds. The molecule has 7 heteroatoms. The predicted molar refractivity (Wildman–Crippen MR) is 65.3 cm³/mol. The lowest BCUT2D eigenvalue weighted by atomic mass is 10.1. The Kier molecular flexibility index (Phi) is 5.71. The van der Waals surface area contributed by atoms with Gasteiger partial charge in [0.15, 0.2) is 0 Å². The van der Waals surface area contributed by atoms with Crippen LogP contribution in [-0.4, -0.2) is 46.7 Å². The third-order valence-electron chi connectivity index (χ3n) is 2.81. The molecule has 0 rings (SSSR count). The third-order valence-corrected chi connectivity index (χ3v) is 2.81. The fourth-order valence-electron chi connectivity index (χ4n) is 1.24. The molecule has 0 heterocycles. The summed E-state index contributed by atoms with van der Waals surface area (Å²) in [5.41, 5.74) is -0.775. The summed E-state index contributed by atoms with van der Waals surface area (Å²) in [4.78, 5) is 23.4.